The molecule has 0 aliphatic heterocycles. The van der Waals surface area contributed by atoms with Crippen molar-refractivity contribution in [3.63, 3.8) is 0 Å². The van der Waals surface area contributed by atoms with Gasteiger partial charge in [0.25, 0.3) is 0 Å². The summed E-state index contributed by atoms with van der Waals surface area (Å²) in [5.41, 5.74) is 3.36. The number of amides is 1. The van der Waals surface area contributed by atoms with E-state index in [2.05, 4.69) is 33.1 Å². The first-order chi connectivity index (χ1) is 11.3. The molecule has 0 bridgehead atoms. The van der Waals surface area contributed by atoms with E-state index in [1.54, 1.807) is 0 Å². The molecule has 1 N–H and O–H groups in total. The quantitative estimate of drug-likeness (QED) is 0.682. The van der Waals surface area contributed by atoms with Crippen LogP contribution in [0.3, 0.4) is 0 Å². The van der Waals surface area contributed by atoms with Crippen LogP contribution in [-0.4, -0.2) is 22.0 Å². The van der Waals surface area contributed by atoms with E-state index in [1.807, 2.05) is 42.7 Å². The van der Waals surface area contributed by atoms with Crippen molar-refractivity contribution >= 4 is 16.9 Å². The average Bonchev–Trinajstić information content (AvgIpc) is 3.01. The Morgan fingerprint density at radius 2 is 1.83 bits per heavy atom. The number of fused-ring (bicyclic) bond motifs is 1. The van der Waals surface area contributed by atoms with Crippen molar-refractivity contribution in [2.75, 3.05) is 6.54 Å². The van der Waals surface area contributed by atoms with Crippen LogP contribution in [0.4, 0.5) is 0 Å². The predicted octanol–water partition coefficient (Wildman–Crippen LogP) is 3.18. The second-order valence-electron chi connectivity index (χ2n) is 5.62. The summed E-state index contributed by atoms with van der Waals surface area (Å²) in [6, 6.07) is 18.2. The molecule has 118 valence electrons. The lowest BCUT2D eigenvalue weighted by molar-refractivity contribution is -0.121. The maximum Gasteiger partial charge on any atom is 0.220 e. The van der Waals surface area contributed by atoms with Gasteiger partial charge >= 0.3 is 0 Å². The number of aromatic nitrogens is 2. The Hall–Kier alpha value is -2.62. The second-order valence-corrected chi connectivity index (χ2v) is 5.62. The smallest absolute Gasteiger partial charge is 0.220 e. The molecule has 1 heterocycles. The van der Waals surface area contributed by atoms with Gasteiger partial charge in [-0.1, -0.05) is 42.5 Å². The summed E-state index contributed by atoms with van der Waals surface area (Å²) in [5, 5.41) is 2.99. The zero-order valence-corrected chi connectivity index (χ0v) is 13.1. The van der Waals surface area contributed by atoms with Gasteiger partial charge in [-0.15, -0.1) is 0 Å². The SMILES string of the molecule is O=C(CCc1ccccc1)NCCCn1cnc2ccccc21. The van der Waals surface area contributed by atoms with Gasteiger partial charge in [0.15, 0.2) is 0 Å². The largest absolute Gasteiger partial charge is 0.356 e. The van der Waals surface area contributed by atoms with E-state index in [9.17, 15) is 4.79 Å². The molecule has 3 aromatic rings. The topological polar surface area (TPSA) is 46.9 Å². The summed E-state index contributed by atoms with van der Waals surface area (Å²) >= 11 is 0. The molecule has 23 heavy (non-hydrogen) atoms. The lowest BCUT2D eigenvalue weighted by Gasteiger charge is -2.07. The van der Waals surface area contributed by atoms with E-state index in [-0.39, 0.29) is 5.91 Å². The van der Waals surface area contributed by atoms with Gasteiger partial charge in [0.2, 0.25) is 5.91 Å². The fourth-order valence-electron chi connectivity index (χ4n) is 2.66. The molecule has 1 aromatic heterocycles. The molecule has 4 heteroatoms. The number of para-hydroxylation sites is 2. The fourth-order valence-corrected chi connectivity index (χ4v) is 2.66. The number of carbonyl (C=O) groups excluding carboxylic acids is 1. The monoisotopic (exact) mass is 307 g/mol. The Kier molecular flexibility index (Phi) is 5.04. The van der Waals surface area contributed by atoms with Crippen LogP contribution in [0.15, 0.2) is 60.9 Å². The number of nitrogens with one attached hydrogen (secondary N) is 1. The van der Waals surface area contributed by atoms with E-state index >= 15 is 0 Å². The van der Waals surface area contributed by atoms with Crippen LogP contribution < -0.4 is 5.32 Å². The number of nitrogens with zero attached hydrogens (tertiary/aromatic N) is 2. The summed E-state index contributed by atoms with van der Waals surface area (Å²) in [4.78, 5) is 16.2. The third kappa shape index (κ3) is 4.19. The molecule has 0 radical (unpaired) electrons. The predicted molar refractivity (Wildman–Crippen MR) is 92.1 cm³/mol. The molecule has 2 aromatic carbocycles. The van der Waals surface area contributed by atoms with Crippen molar-refractivity contribution in [3.8, 4) is 0 Å². The van der Waals surface area contributed by atoms with Crippen LogP contribution in [0.25, 0.3) is 11.0 Å². The zero-order chi connectivity index (χ0) is 15.9. The highest BCUT2D eigenvalue weighted by atomic mass is 16.1. The van der Waals surface area contributed by atoms with Gasteiger partial charge < -0.3 is 9.88 Å². The van der Waals surface area contributed by atoms with Gasteiger partial charge in [0, 0.05) is 19.5 Å². The van der Waals surface area contributed by atoms with Crippen molar-refractivity contribution in [2.24, 2.45) is 0 Å². The van der Waals surface area contributed by atoms with Gasteiger partial charge in [0.05, 0.1) is 17.4 Å². The van der Waals surface area contributed by atoms with Crippen LogP contribution in [-0.2, 0) is 17.8 Å². The Morgan fingerprint density at radius 3 is 2.70 bits per heavy atom. The van der Waals surface area contributed by atoms with Gasteiger partial charge in [-0.3, -0.25) is 4.79 Å². The van der Waals surface area contributed by atoms with Crippen molar-refractivity contribution in [1.82, 2.24) is 14.9 Å². The summed E-state index contributed by atoms with van der Waals surface area (Å²) in [6.45, 7) is 1.56. The molecular formula is C19H21N3O. The molecule has 0 aliphatic carbocycles. The highest BCUT2D eigenvalue weighted by molar-refractivity contribution is 5.76. The number of hydrogen-bond donors (Lipinski definition) is 1. The molecule has 0 saturated carbocycles. The number of rotatable bonds is 7. The normalized spacial score (nSPS) is 10.8. The minimum Gasteiger partial charge on any atom is -0.356 e. The molecule has 0 unspecified atom stereocenters. The van der Waals surface area contributed by atoms with Gasteiger partial charge in [-0.25, -0.2) is 4.98 Å². The molecule has 1 amide bonds. The lowest BCUT2D eigenvalue weighted by Crippen LogP contribution is -2.25. The van der Waals surface area contributed by atoms with Crippen LogP contribution in [0.2, 0.25) is 0 Å². The van der Waals surface area contributed by atoms with Crippen LogP contribution in [0, 0.1) is 0 Å². The van der Waals surface area contributed by atoms with Gasteiger partial charge in [0.1, 0.15) is 0 Å². The molecule has 4 nitrogen and oxygen atoms in total. The molecular weight excluding hydrogens is 286 g/mol. The number of hydrogen-bond acceptors (Lipinski definition) is 2. The first kappa shape index (κ1) is 15.3. The maximum absolute atomic E-state index is 11.9. The molecule has 0 atom stereocenters. The fraction of sp³-hybridized carbons (Fsp3) is 0.263. The van der Waals surface area contributed by atoms with E-state index in [4.69, 9.17) is 0 Å². The highest BCUT2D eigenvalue weighted by Gasteiger charge is 2.03. The van der Waals surface area contributed by atoms with Crippen LogP contribution in [0.1, 0.15) is 18.4 Å². The number of carbonyl (C=O) groups is 1. The Morgan fingerprint density at radius 1 is 1.04 bits per heavy atom. The van der Waals surface area contributed by atoms with Crippen LogP contribution in [0.5, 0.6) is 0 Å². The Balaban J connectivity index is 1.39. The van der Waals surface area contributed by atoms with Gasteiger partial charge in [-0.2, -0.15) is 0 Å². The standard InChI is InChI=1S/C19H21N3O/c23-19(12-11-16-7-2-1-3-8-16)20-13-6-14-22-15-21-17-9-4-5-10-18(17)22/h1-5,7-10,15H,6,11-14H2,(H,20,23). The number of imidazole rings is 1. The third-order valence-electron chi connectivity index (χ3n) is 3.91. The van der Waals surface area contributed by atoms with E-state index in [0.29, 0.717) is 13.0 Å². The van der Waals surface area contributed by atoms with Crippen molar-refractivity contribution < 1.29 is 4.79 Å². The van der Waals surface area contributed by atoms with Gasteiger partial charge in [-0.05, 0) is 30.5 Å². The van der Waals surface area contributed by atoms with E-state index < -0.39 is 0 Å². The van der Waals surface area contributed by atoms with Crippen molar-refractivity contribution in [2.45, 2.75) is 25.8 Å². The van der Waals surface area contributed by atoms with Crippen LogP contribution >= 0.6 is 0 Å². The summed E-state index contributed by atoms with van der Waals surface area (Å²) in [5.74, 6) is 0.115. The Bertz CT molecular complexity index is 764. The average molecular weight is 307 g/mol. The Labute approximate surface area is 136 Å². The lowest BCUT2D eigenvalue weighted by atomic mass is 10.1. The number of benzene rings is 2. The van der Waals surface area contributed by atoms with E-state index in [0.717, 1.165) is 30.4 Å². The van der Waals surface area contributed by atoms with Crippen molar-refractivity contribution in [1.29, 1.82) is 0 Å². The van der Waals surface area contributed by atoms with E-state index in [1.165, 1.54) is 5.56 Å². The molecule has 0 saturated heterocycles. The summed E-state index contributed by atoms with van der Waals surface area (Å²) in [6.07, 6.45) is 4.09. The second kappa shape index (κ2) is 7.58. The molecule has 0 aliphatic rings. The summed E-state index contributed by atoms with van der Waals surface area (Å²) in [7, 11) is 0. The first-order valence-corrected chi connectivity index (χ1v) is 8.03. The van der Waals surface area contributed by atoms with Crippen molar-refractivity contribution in [3.05, 3.63) is 66.5 Å². The molecule has 0 fully saturated rings. The third-order valence-corrected chi connectivity index (χ3v) is 3.91. The molecule has 0 spiro atoms. The minimum atomic E-state index is 0.115. The molecule has 3 rings (SSSR count). The zero-order valence-electron chi connectivity index (χ0n) is 13.1. The first-order valence-electron chi connectivity index (χ1n) is 8.03. The summed E-state index contributed by atoms with van der Waals surface area (Å²) < 4.78 is 2.13. The highest BCUT2D eigenvalue weighted by Crippen LogP contribution is 2.11. The number of aryl methyl sites for hydroxylation is 2. The minimum absolute atomic E-state index is 0.115. The maximum atomic E-state index is 11.9.